The zero-order valence-electron chi connectivity index (χ0n) is 14.7. The zero-order valence-corrected chi connectivity index (χ0v) is 15.5. The number of carboxylic acids is 1. The molecular formula is C18H21N3O3S. The third-order valence-corrected chi connectivity index (χ3v) is 4.94. The van der Waals surface area contributed by atoms with E-state index in [2.05, 4.69) is 23.9 Å². The summed E-state index contributed by atoms with van der Waals surface area (Å²) < 4.78 is 13.2. The Labute approximate surface area is 149 Å². The van der Waals surface area contributed by atoms with E-state index in [-0.39, 0.29) is 11.6 Å². The fraction of sp³-hybridized carbons (Fsp3) is 0.333. The minimum Gasteiger partial charge on any atom is -0.616 e. The van der Waals surface area contributed by atoms with Crippen LogP contribution in [-0.2, 0) is 24.0 Å². The van der Waals surface area contributed by atoms with Crippen molar-refractivity contribution in [2.75, 3.05) is 6.26 Å². The maximum absolute atomic E-state index is 11.7. The van der Waals surface area contributed by atoms with Crippen LogP contribution in [0.3, 0.4) is 0 Å². The van der Waals surface area contributed by atoms with Gasteiger partial charge in [0.1, 0.15) is 17.0 Å². The third kappa shape index (κ3) is 3.17. The molecule has 0 radical (unpaired) electrons. The topological polar surface area (TPSA) is 94.0 Å². The fourth-order valence-electron chi connectivity index (χ4n) is 3.25. The Balaban J connectivity index is 2.18. The first-order valence-electron chi connectivity index (χ1n) is 8.00. The van der Waals surface area contributed by atoms with Crippen molar-refractivity contribution in [1.29, 1.82) is 0 Å². The summed E-state index contributed by atoms with van der Waals surface area (Å²) >= 11 is -0.915. The van der Waals surface area contributed by atoms with Crippen LogP contribution in [0.4, 0.5) is 0 Å². The summed E-state index contributed by atoms with van der Waals surface area (Å²) in [6.07, 6.45) is 1.66. The number of aromatic nitrogens is 3. The van der Waals surface area contributed by atoms with Gasteiger partial charge in [0.2, 0.25) is 0 Å². The predicted octanol–water partition coefficient (Wildman–Crippen LogP) is 3.27. The maximum atomic E-state index is 11.7. The van der Waals surface area contributed by atoms with Crippen molar-refractivity contribution < 1.29 is 14.5 Å². The molecule has 3 rings (SSSR count). The van der Waals surface area contributed by atoms with Gasteiger partial charge in [0.25, 0.3) is 0 Å². The monoisotopic (exact) mass is 359 g/mol. The molecule has 0 fully saturated rings. The Hall–Kier alpha value is -2.25. The molecule has 2 N–H and O–H groups in total. The molecule has 3 aromatic rings. The van der Waals surface area contributed by atoms with E-state index in [0.717, 1.165) is 22.3 Å². The molecule has 1 aromatic carbocycles. The van der Waals surface area contributed by atoms with Crippen molar-refractivity contribution in [3.05, 3.63) is 41.2 Å². The van der Waals surface area contributed by atoms with Gasteiger partial charge in [0.05, 0.1) is 17.5 Å². The van der Waals surface area contributed by atoms with Gasteiger partial charge in [0, 0.05) is 18.2 Å². The number of hydrogen-bond donors (Lipinski definition) is 2. The van der Waals surface area contributed by atoms with Crippen LogP contribution in [0.2, 0.25) is 0 Å². The number of aromatic carboxylic acids is 1. The van der Waals surface area contributed by atoms with Gasteiger partial charge >= 0.3 is 5.97 Å². The van der Waals surface area contributed by atoms with Crippen molar-refractivity contribution in [1.82, 2.24) is 14.8 Å². The number of nitrogens with one attached hydrogen (secondary N) is 1. The summed E-state index contributed by atoms with van der Waals surface area (Å²) in [5, 5.41) is 14.2. The van der Waals surface area contributed by atoms with Crippen LogP contribution >= 0.6 is 0 Å². The Bertz CT molecular complexity index is 923. The number of carboxylic acid groups (broad SMARTS) is 1. The van der Waals surface area contributed by atoms with Crippen molar-refractivity contribution in [3.8, 4) is 11.1 Å². The standard InChI is InChI=1S/C18H21N3O3S/c1-10(2)17-16-14(20-21(17)3)13(15(19-16)18(22)23)12-7-5-11(6-8-12)9-25(4)24/h5-8,10,19H,9H2,1-4H3,(H,22,23). The summed E-state index contributed by atoms with van der Waals surface area (Å²) in [7, 11) is 1.87. The van der Waals surface area contributed by atoms with E-state index in [9.17, 15) is 14.5 Å². The van der Waals surface area contributed by atoms with Crippen LogP contribution in [0, 0.1) is 0 Å². The SMILES string of the molecule is CC(C)c1c2[nH]c(C(=O)O)c(-c3ccc(C[S+](C)[O-])cc3)c2nn1C. The van der Waals surface area contributed by atoms with Crippen LogP contribution in [0.1, 0.15) is 41.5 Å². The number of aromatic amines is 1. The van der Waals surface area contributed by atoms with E-state index < -0.39 is 17.1 Å². The fourth-order valence-corrected chi connectivity index (χ4v) is 3.91. The molecule has 25 heavy (non-hydrogen) atoms. The van der Waals surface area contributed by atoms with E-state index in [1.807, 2.05) is 31.3 Å². The molecule has 1 unspecified atom stereocenters. The minimum atomic E-state index is -1.01. The van der Waals surface area contributed by atoms with Gasteiger partial charge in [-0.25, -0.2) is 4.79 Å². The second kappa shape index (κ2) is 6.57. The summed E-state index contributed by atoms with van der Waals surface area (Å²) in [5.41, 5.74) is 4.88. The van der Waals surface area contributed by atoms with Gasteiger partial charge in [-0.15, -0.1) is 0 Å². The average molecular weight is 359 g/mol. The lowest BCUT2D eigenvalue weighted by Gasteiger charge is -2.07. The van der Waals surface area contributed by atoms with Gasteiger partial charge in [-0.05, 0) is 11.5 Å². The Kier molecular flexibility index (Phi) is 4.62. The molecule has 2 aromatic heterocycles. The number of fused-ring (bicyclic) bond motifs is 1. The number of H-pyrrole nitrogens is 1. The van der Waals surface area contributed by atoms with Crippen LogP contribution in [0.15, 0.2) is 24.3 Å². The summed E-state index contributed by atoms with van der Waals surface area (Å²) in [4.78, 5) is 14.8. The molecule has 0 bridgehead atoms. The second-order valence-electron chi connectivity index (χ2n) is 6.48. The summed E-state index contributed by atoms with van der Waals surface area (Å²) in [6, 6.07) is 7.49. The van der Waals surface area contributed by atoms with Crippen molar-refractivity contribution >= 4 is 28.2 Å². The normalized spacial score (nSPS) is 12.9. The lowest BCUT2D eigenvalue weighted by atomic mass is 10.0. The van der Waals surface area contributed by atoms with Crippen molar-refractivity contribution in [2.45, 2.75) is 25.5 Å². The van der Waals surface area contributed by atoms with E-state index >= 15 is 0 Å². The molecule has 0 aliphatic heterocycles. The van der Waals surface area contributed by atoms with Crippen LogP contribution in [-0.4, -0.2) is 36.6 Å². The number of rotatable bonds is 5. The number of nitrogens with zero attached hydrogens (tertiary/aromatic N) is 2. The molecule has 0 aliphatic rings. The number of benzene rings is 1. The van der Waals surface area contributed by atoms with E-state index in [1.54, 1.807) is 10.9 Å². The lowest BCUT2D eigenvalue weighted by Crippen LogP contribution is -2.04. The molecule has 6 nitrogen and oxygen atoms in total. The van der Waals surface area contributed by atoms with Gasteiger partial charge in [0.15, 0.2) is 0 Å². The minimum absolute atomic E-state index is 0.145. The first-order valence-corrected chi connectivity index (χ1v) is 9.73. The zero-order chi connectivity index (χ0) is 18.3. The van der Waals surface area contributed by atoms with Crippen molar-refractivity contribution in [2.24, 2.45) is 7.05 Å². The van der Waals surface area contributed by atoms with Gasteiger partial charge in [-0.1, -0.05) is 49.3 Å². The summed E-state index contributed by atoms with van der Waals surface area (Å²) in [6.45, 7) is 4.11. The van der Waals surface area contributed by atoms with Crippen LogP contribution in [0.25, 0.3) is 22.2 Å². The first-order chi connectivity index (χ1) is 11.8. The molecule has 132 valence electrons. The predicted molar refractivity (Wildman–Crippen MR) is 99.3 cm³/mol. The highest BCUT2D eigenvalue weighted by atomic mass is 32.2. The molecule has 0 spiro atoms. The number of aryl methyl sites for hydroxylation is 1. The molecule has 0 amide bonds. The smallest absolute Gasteiger partial charge is 0.353 e. The quantitative estimate of drug-likeness (QED) is 0.684. The van der Waals surface area contributed by atoms with Crippen LogP contribution < -0.4 is 0 Å². The summed E-state index contributed by atoms with van der Waals surface area (Å²) in [5.74, 6) is -0.315. The highest BCUT2D eigenvalue weighted by Crippen LogP contribution is 2.35. The highest BCUT2D eigenvalue weighted by molar-refractivity contribution is 7.89. The Morgan fingerprint density at radius 2 is 2.00 bits per heavy atom. The largest absolute Gasteiger partial charge is 0.616 e. The molecular weight excluding hydrogens is 338 g/mol. The molecule has 0 aliphatic carbocycles. The molecule has 0 saturated heterocycles. The molecule has 2 heterocycles. The van der Waals surface area contributed by atoms with Gasteiger partial charge in [-0.3, -0.25) is 4.68 Å². The van der Waals surface area contributed by atoms with E-state index in [4.69, 9.17) is 0 Å². The molecule has 0 saturated carbocycles. The molecule has 1 atom stereocenters. The highest BCUT2D eigenvalue weighted by Gasteiger charge is 2.25. The first kappa shape index (κ1) is 17.6. The molecule has 7 heteroatoms. The van der Waals surface area contributed by atoms with Crippen LogP contribution in [0.5, 0.6) is 0 Å². The average Bonchev–Trinajstić information content (AvgIpc) is 3.01. The van der Waals surface area contributed by atoms with E-state index in [1.165, 1.54) is 0 Å². The van der Waals surface area contributed by atoms with Gasteiger partial charge < -0.3 is 14.6 Å². The Morgan fingerprint density at radius 3 is 2.52 bits per heavy atom. The maximum Gasteiger partial charge on any atom is 0.353 e. The third-order valence-electron chi connectivity index (χ3n) is 4.20. The Morgan fingerprint density at radius 1 is 1.36 bits per heavy atom. The number of hydrogen-bond acceptors (Lipinski definition) is 3. The van der Waals surface area contributed by atoms with Crippen molar-refractivity contribution in [3.63, 3.8) is 0 Å². The lowest BCUT2D eigenvalue weighted by molar-refractivity contribution is 0.0692. The van der Waals surface area contributed by atoms with E-state index in [0.29, 0.717) is 16.8 Å². The second-order valence-corrected chi connectivity index (χ2v) is 7.92. The van der Waals surface area contributed by atoms with Gasteiger partial charge in [-0.2, -0.15) is 5.10 Å². The number of carbonyl (C=O) groups is 1.